The summed E-state index contributed by atoms with van der Waals surface area (Å²) in [6.07, 6.45) is -0.122. The van der Waals surface area contributed by atoms with Crippen molar-refractivity contribution < 1.29 is 28.7 Å². The number of alkyl carbamates (subject to hydrolysis) is 1. The number of nitrogens with zero attached hydrogens (tertiary/aromatic N) is 2. The Morgan fingerprint density at radius 3 is 2.18 bits per heavy atom. The molecule has 4 amide bonds. The van der Waals surface area contributed by atoms with Crippen LogP contribution in [0.25, 0.3) is 0 Å². The van der Waals surface area contributed by atoms with Gasteiger partial charge in [-0.1, -0.05) is 112 Å². The van der Waals surface area contributed by atoms with Crippen molar-refractivity contribution in [1.29, 1.82) is 0 Å². The Balaban J connectivity index is 1.17. The van der Waals surface area contributed by atoms with E-state index >= 15 is 0 Å². The van der Waals surface area contributed by atoms with Gasteiger partial charge in [0.25, 0.3) is 5.91 Å². The molecule has 0 spiro atoms. The number of carbonyl (C=O) groups excluding carboxylic acids is 4. The Morgan fingerprint density at radius 2 is 1.47 bits per heavy atom. The molecule has 3 N–H and O–H groups in total. The summed E-state index contributed by atoms with van der Waals surface area (Å²) in [4.78, 5) is 58.0. The maximum absolute atomic E-state index is 13.5. The maximum atomic E-state index is 13.5. The lowest BCUT2D eigenvalue weighted by Crippen LogP contribution is -2.40. The minimum absolute atomic E-state index is 0.0518. The van der Waals surface area contributed by atoms with Crippen LogP contribution >= 0.6 is 0 Å². The average molecular weight is 690 g/mol. The highest BCUT2D eigenvalue weighted by atomic mass is 16.6. The molecule has 1 heterocycles. The summed E-state index contributed by atoms with van der Waals surface area (Å²) in [5.41, 5.74) is 3.58. The minimum atomic E-state index is -1.14. The van der Waals surface area contributed by atoms with Gasteiger partial charge in [0.15, 0.2) is 0 Å². The second kappa shape index (κ2) is 17.1. The molecule has 2 atom stereocenters. The largest absolute Gasteiger partial charge is 0.445 e. The number of ether oxygens (including phenoxy) is 2. The fraction of sp³-hybridized carbons (Fsp3) is 0.275. The van der Waals surface area contributed by atoms with E-state index in [0.29, 0.717) is 48.4 Å². The summed E-state index contributed by atoms with van der Waals surface area (Å²) in [5, 5.41) is 8.54. The van der Waals surface area contributed by atoms with E-state index < -0.39 is 24.3 Å². The quantitative estimate of drug-likeness (QED) is 0.0882. The summed E-state index contributed by atoms with van der Waals surface area (Å²) in [6.45, 7) is 7.13. The van der Waals surface area contributed by atoms with Crippen LogP contribution < -0.4 is 16.0 Å². The van der Waals surface area contributed by atoms with Gasteiger partial charge in [0.1, 0.15) is 6.61 Å². The molecule has 0 bridgehead atoms. The van der Waals surface area contributed by atoms with Crippen molar-refractivity contribution in [3.05, 3.63) is 131 Å². The van der Waals surface area contributed by atoms with Crippen molar-refractivity contribution in [3.8, 4) is 0 Å². The Hall–Kier alpha value is -5.97. The summed E-state index contributed by atoms with van der Waals surface area (Å²) < 4.78 is 10.8. The van der Waals surface area contributed by atoms with Crippen LogP contribution in [0.5, 0.6) is 0 Å². The van der Waals surface area contributed by atoms with Crippen molar-refractivity contribution in [1.82, 2.24) is 10.2 Å². The van der Waals surface area contributed by atoms with Crippen LogP contribution in [0.4, 0.5) is 21.0 Å². The molecule has 0 aliphatic carbocycles. The van der Waals surface area contributed by atoms with Crippen LogP contribution in [0.1, 0.15) is 66.9 Å². The van der Waals surface area contributed by atoms with Crippen LogP contribution in [0, 0.1) is 5.92 Å². The zero-order chi connectivity index (χ0) is 36.2. The van der Waals surface area contributed by atoms with E-state index in [4.69, 9.17) is 9.47 Å². The van der Waals surface area contributed by atoms with Gasteiger partial charge in [-0.3, -0.25) is 14.9 Å². The van der Waals surface area contributed by atoms with Gasteiger partial charge >= 0.3 is 12.2 Å². The third-order valence-corrected chi connectivity index (χ3v) is 8.35. The van der Waals surface area contributed by atoms with Crippen LogP contribution in [-0.2, 0) is 26.3 Å². The number of hydrogen-bond donors (Lipinski definition) is 3. The van der Waals surface area contributed by atoms with Gasteiger partial charge in [-0.05, 0) is 47.6 Å². The Labute approximate surface area is 298 Å². The third kappa shape index (κ3) is 10.5. The van der Waals surface area contributed by atoms with E-state index in [1.165, 1.54) is 6.34 Å². The molecular weight excluding hydrogens is 646 g/mol. The summed E-state index contributed by atoms with van der Waals surface area (Å²) in [5.74, 6) is -0.873. The molecule has 1 aliphatic rings. The van der Waals surface area contributed by atoms with Crippen LogP contribution in [0.3, 0.4) is 0 Å². The number of carbonyl (C=O) groups is 4. The predicted octanol–water partition coefficient (Wildman–Crippen LogP) is 7.68. The molecule has 11 heteroatoms. The highest BCUT2D eigenvalue weighted by Gasteiger charge is 2.27. The molecule has 264 valence electrons. The summed E-state index contributed by atoms with van der Waals surface area (Å²) >= 11 is 0. The number of amides is 4. The molecular formula is C40H43N5O6. The van der Waals surface area contributed by atoms with E-state index in [0.717, 1.165) is 11.1 Å². The van der Waals surface area contributed by atoms with Crippen molar-refractivity contribution in [2.45, 2.75) is 51.9 Å². The number of piperidine rings is 1. The van der Waals surface area contributed by atoms with Gasteiger partial charge < -0.3 is 25.0 Å². The van der Waals surface area contributed by atoms with Crippen molar-refractivity contribution in [3.63, 3.8) is 0 Å². The Kier molecular flexibility index (Phi) is 12.2. The SMILES string of the molecule is CC(C)(C)c1ccccc1C(=O)Nc1ccccc1NC(=O)C1CCCN(C=NC(=O)OC(NC(=O)OCc2ccccc2)c2ccccc2)C1. The first-order valence-corrected chi connectivity index (χ1v) is 16.9. The lowest BCUT2D eigenvalue weighted by Gasteiger charge is -2.30. The third-order valence-electron chi connectivity index (χ3n) is 8.35. The molecule has 4 aromatic rings. The van der Waals surface area contributed by atoms with Gasteiger partial charge in [-0.15, -0.1) is 0 Å². The zero-order valence-electron chi connectivity index (χ0n) is 29.0. The van der Waals surface area contributed by atoms with Gasteiger partial charge in [-0.25, -0.2) is 9.59 Å². The van der Waals surface area contributed by atoms with E-state index in [-0.39, 0.29) is 23.8 Å². The first-order chi connectivity index (χ1) is 24.6. The summed E-state index contributed by atoms with van der Waals surface area (Å²) in [6, 6.07) is 32.5. The molecule has 0 saturated carbocycles. The van der Waals surface area contributed by atoms with Gasteiger partial charge in [0.2, 0.25) is 12.1 Å². The highest BCUT2D eigenvalue weighted by Crippen LogP contribution is 2.29. The van der Waals surface area contributed by atoms with Crippen LogP contribution in [0.2, 0.25) is 0 Å². The maximum Gasteiger partial charge on any atom is 0.437 e. The summed E-state index contributed by atoms with van der Waals surface area (Å²) in [7, 11) is 0. The average Bonchev–Trinajstić information content (AvgIpc) is 3.14. The van der Waals surface area contributed by atoms with Crippen molar-refractivity contribution in [2.24, 2.45) is 10.9 Å². The van der Waals surface area contributed by atoms with Gasteiger partial charge in [0.05, 0.1) is 23.6 Å². The number of anilines is 2. The monoisotopic (exact) mass is 689 g/mol. The molecule has 5 rings (SSSR count). The lowest BCUT2D eigenvalue weighted by molar-refractivity contribution is -0.121. The molecule has 1 aliphatic heterocycles. The van der Waals surface area contributed by atoms with Crippen molar-refractivity contribution in [2.75, 3.05) is 23.7 Å². The van der Waals surface area contributed by atoms with E-state index in [2.05, 4.69) is 41.7 Å². The van der Waals surface area contributed by atoms with E-state index in [1.54, 1.807) is 65.6 Å². The topological polar surface area (TPSA) is 138 Å². The van der Waals surface area contributed by atoms with Crippen molar-refractivity contribution >= 4 is 41.7 Å². The molecule has 51 heavy (non-hydrogen) atoms. The molecule has 2 unspecified atom stereocenters. The number of rotatable bonds is 10. The zero-order valence-corrected chi connectivity index (χ0v) is 29.0. The number of benzene rings is 4. The molecule has 1 fully saturated rings. The molecule has 4 aromatic carbocycles. The molecule has 1 saturated heterocycles. The molecule has 11 nitrogen and oxygen atoms in total. The lowest BCUT2D eigenvalue weighted by atomic mass is 9.83. The number of nitrogens with one attached hydrogen (secondary N) is 3. The number of likely N-dealkylation sites (tertiary alicyclic amines) is 1. The van der Waals surface area contributed by atoms with Crippen LogP contribution in [-0.4, -0.2) is 48.3 Å². The fourth-order valence-electron chi connectivity index (χ4n) is 5.73. The van der Waals surface area contributed by atoms with Gasteiger partial charge in [-0.2, -0.15) is 4.99 Å². The number of aliphatic imine (C=N–C) groups is 1. The highest BCUT2D eigenvalue weighted by molar-refractivity contribution is 6.08. The van der Waals surface area contributed by atoms with E-state index in [9.17, 15) is 19.2 Å². The molecule has 0 aromatic heterocycles. The normalized spacial score (nSPS) is 15.0. The minimum Gasteiger partial charge on any atom is -0.445 e. The standard InChI is InChI=1S/C40H43N5O6/c1-40(2,3)32-21-11-10-20-31(32)36(47)43-34-23-13-12-22-33(34)42-35(46)30-19-14-24-45(25-30)27-41-38(48)51-37(29-17-8-5-9-18-29)44-39(49)50-26-28-15-6-4-7-16-28/h4-13,15-18,20-23,27,30,37H,14,19,24-26H2,1-3H3,(H,42,46)(H,43,47)(H,44,49). The second-order valence-corrected chi connectivity index (χ2v) is 13.2. The first-order valence-electron chi connectivity index (χ1n) is 16.9. The second-order valence-electron chi connectivity index (χ2n) is 13.2. The predicted molar refractivity (Wildman–Crippen MR) is 196 cm³/mol. The van der Waals surface area contributed by atoms with E-state index in [1.807, 2.05) is 48.5 Å². The number of para-hydroxylation sites is 2. The fourth-order valence-corrected chi connectivity index (χ4v) is 5.73. The smallest absolute Gasteiger partial charge is 0.437 e. The van der Waals surface area contributed by atoms with Crippen LogP contribution in [0.15, 0.2) is 114 Å². The first kappa shape index (κ1) is 36.3. The Bertz CT molecular complexity index is 1840. The van der Waals surface area contributed by atoms with Gasteiger partial charge in [0, 0.05) is 24.2 Å². The molecule has 0 radical (unpaired) electrons. The number of hydrogen-bond acceptors (Lipinski definition) is 6. The Morgan fingerprint density at radius 1 is 0.843 bits per heavy atom.